The molecule has 0 fully saturated rings. The van der Waals surface area contributed by atoms with E-state index in [0.29, 0.717) is 11.6 Å². The Kier molecular flexibility index (Phi) is 6.51. The average molecular weight is 684 g/mol. The van der Waals surface area contributed by atoms with Crippen LogP contribution >= 0.6 is 11.3 Å². The van der Waals surface area contributed by atoms with Gasteiger partial charge in [-0.05, 0) is 51.4 Å². The lowest BCUT2D eigenvalue weighted by molar-refractivity contribution is 0.574. The van der Waals surface area contributed by atoms with Crippen LogP contribution < -0.4 is 0 Å². The van der Waals surface area contributed by atoms with E-state index in [1.54, 1.807) is 0 Å². The molecule has 244 valence electrons. The van der Waals surface area contributed by atoms with Crippen LogP contribution in [-0.2, 0) is 0 Å². The molecule has 1 aliphatic rings. The first kappa shape index (κ1) is 29.3. The number of benzene rings is 7. The van der Waals surface area contributed by atoms with Gasteiger partial charge in [0.2, 0.25) is 0 Å². The molecule has 7 aromatic carbocycles. The molecule has 0 saturated heterocycles. The van der Waals surface area contributed by atoms with Gasteiger partial charge in [-0.1, -0.05) is 140 Å². The summed E-state index contributed by atoms with van der Waals surface area (Å²) in [5, 5.41) is 8.29. The van der Waals surface area contributed by atoms with Crippen molar-refractivity contribution in [1.82, 2.24) is 15.0 Å². The topological polar surface area (TPSA) is 51.8 Å². The number of para-hydroxylation sites is 1. The summed E-state index contributed by atoms with van der Waals surface area (Å²) in [4.78, 5) is 16.1. The minimum atomic E-state index is -0.240. The third kappa shape index (κ3) is 4.49. The standard InChI is InChI=1S/C47H29N3OS/c1-2-13-28(14-3-1)45-48-46(38-27-29-15-4-5-16-30(29)31-17-6-7-18-32(31)38)50-47(49-45)43-34(25-26-40-42(43)37-20-8-10-23-39(37)51-40)36-22-12-21-35-33-19-9-11-24-41(33)52-44(35)36/h1-27,34,43H. The van der Waals surface area contributed by atoms with Gasteiger partial charge in [0.05, 0.1) is 5.92 Å². The second-order valence-corrected chi connectivity index (χ2v) is 14.5. The number of furan rings is 1. The van der Waals surface area contributed by atoms with Crippen LogP contribution in [-0.4, -0.2) is 15.0 Å². The summed E-state index contributed by atoms with van der Waals surface area (Å²) in [6.07, 6.45) is 4.45. The molecule has 0 aliphatic heterocycles. The summed E-state index contributed by atoms with van der Waals surface area (Å²) in [6, 6.07) is 53.4. The number of fused-ring (bicyclic) bond motifs is 9. The molecule has 1 aliphatic carbocycles. The fourth-order valence-electron chi connectivity index (χ4n) is 8.22. The molecule has 2 atom stereocenters. The fraction of sp³-hybridized carbons (Fsp3) is 0.0426. The summed E-state index contributed by atoms with van der Waals surface area (Å²) in [7, 11) is 0. The van der Waals surface area contributed by atoms with Crippen LogP contribution in [0.3, 0.4) is 0 Å². The Labute approximate surface area is 303 Å². The zero-order valence-corrected chi connectivity index (χ0v) is 28.7. The third-order valence-electron chi connectivity index (χ3n) is 10.6. The molecule has 3 aromatic heterocycles. The van der Waals surface area contributed by atoms with Gasteiger partial charge in [-0.25, -0.2) is 15.0 Å². The molecular weight excluding hydrogens is 655 g/mol. The van der Waals surface area contributed by atoms with Gasteiger partial charge < -0.3 is 4.42 Å². The lowest BCUT2D eigenvalue weighted by atomic mass is 9.76. The Morgan fingerprint density at radius 2 is 1.23 bits per heavy atom. The first-order valence-corrected chi connectivity index (χ1v) is 18.4. The number of rotatable bonds is 4. The van der Waals surface area contributed by atoms with Crippen molar-refractivity contribution in [3.05, 3.63) is 180 Å². The van der Waals surface area contributed by atoms with Gasteiger partial charge in [0.15, 0.2) is 11.6 Å². The molecule has 0 radical (unpaired) electrons. The Bertz CT molecular complexity index is 3050. The van der Waals surface area contributed by atoms with Gasteiger partial charge >= 0.3 is 0 Å². The van der Waals surface area contributed by atoms with E-state index in [1.807, 2.05) is 35.6 Å². The zero-order chi connectivity index (χ0) is 34.2. The van der Waals surface area contributed by atoms with Crippen molar-refractivity contribution in [2.24, 2.45) is 0 Å². The first-order valence-electron chi connectivity index (χ1n) is 17.6. The maximum absolute atomic E-state index is 6.54. The molecule has 5 heteroatoms. The van der Waals surface area contributed by atoms with Crippen LogP contribution in [0.2, 0.25) is 0 Å². The average Bonchev–Trinajstić information content (AvgIpc) is 3.79. The van der Waals surface area contributed by atoms with E-state index in [1.165, 1.54) is 36.5 Å². The number of nitrogens with zero attached hydrogens (tertiary/aromatic N) is 3. The summed E-state index contributed by atoms with van der Waals surface area (Å²) >= 11 is 1.86. The van der Waals surface area contributed by atoms with Gasteiger partial charge in [-0.2, -0.15) is 0 Å². The van der Waals surface area contributed by atoms with E-state index < -0.39 is 0 Å². The fourth-order valence-corrected chi connectivity index (χ4v) is 9.49. The first-order chi connectivity index (χ1) is 25.8. The molecule has 4 nitrogen and oxygen atoms in total. The highest BCUT2D eigenvalue weighted by molar-refractivity contribution is 7.26. The lowest BCUT2D eigenvalue weighted by Crippen LogP contribution is -2.19. The molecule has 2 unspecified atom stereocenters. The molecule has 0 amide bonds. The molecular formula is C47H29N3OS. The van der Waals surface area contributed by atoms with Crippen LogP contribution in [0.4, 0.5) is 0 Å². The quantitative estimate of drug-likeness (QED) is 0.173. The molecule has 11 rings (SSSR count). The zero-order valence-electron chi connectivity index (χ0n) is 27.9. The second-order valence-electron chi connectivity index (χ2n) is 13.5. The summed E-state index contributed by atoms with van der Waals surface area (Å²) in [6.45, 7) is 0. The lowest BCUT2D eigenvalue weighted by Gasteiger charge is -2.28. The molecule has 3 heterocycles. The Balaban J connectivity index is 1.22. The number of allylic oxidation sites excluding steroid dienone is 1. The highest BCUT2D eigenvalue weighted by atomic mass is 32.1. The van der Waals surface area contributed by atoms with E-state index in [0.717, 1.165) is 50.0 Å². The highest BCUT2D eigenvalue weighted by Gasteiger charge is 2.37. The Hall–Kier alpha value is -6.43. The minimum Gasteiger partial charge on any atom is -0.456 e. The molecule has 0 N–H and O–H groups in total. The summed E-state index contributed by atoms with van der Waals surface area (Å²) in [5.74, 6) is 2.59. The molecule has 10 aromatic rings. The Morgan fingerprint density at radius 1 is 0.538 bits per heavy atom. The maximum Gasteiger partial charge on any atom is 0.164 e. The maximum atomic E-state index is 6.54. The second kappa shape index (κ2) is 11.6. The number of hydrogen-bond acceptors (Lipinski definition) is 5. The highest BCUT2D eigenvalue weighted by Crippen LogP contribution is 2.51. The molecule has 52 heavy (non-hydrogen) atoms. The van der Waals surface area contributed by atoms with Crippen LogP contribution in [0.15, 0.2) is 162 Å². The van der Waals surface area contributed by atoms with Crippen molar-refractivity contribution in [1.29, 1.82) is 0 Å². The van der Waals surface area contributed by atoms with Crippen LogP contribution in [0.5, 0.6) is 0 Å². The third-order valence-corrected chi connectivity index (χ3v) is 11.8. The minimum absolute atomic E-state index is 0.0579. The van der Waals surface area contributed by atoms with E-state index in [4.69, 9.17) is 19.4 Å². The molecule has 0 spiro atoms. The monoisotopic (exact) mass is 683 g/mol. The van der Waals surface area contributed by atoms with E-state index in [9.17, 15) is 0 Å². The normalized spacial score (nSPS) is 15.6. The van der Waals surface area contributed by atoms with Crippen molar-refractivity contribution in [2.75, 3.05) is 0 Å². The van der Waals surface area contributed by atoms with Crippen LogP contribution in [0, 0.1) is 0 Å². The van der Waals surface area contributed by atoms with Crippen molar-refractivity contribution in [3.63, 3.8) is 0 Å². The SMILES string of the molecule is C1=CC(c2cccc3c2sc2ccccc23)C(c2nc(-c3ccccc3)nc(-c3cc4ccccc4c4ccccc34)n2)c2c1oc1ccccc21. The van der Waals surface area contributed by atoms with Crippen molar-refractivity contribution in [3.8, 4) is 22.8 Å². The van der Waals surface area contributed by atoms with E-state index in [2.05, 4.69) is 140 Å². The summed E-state index contributed by atoms with van der Waals surface area (Å²) in [5.41, 5.74) is 5.17. The smallest absolute Gasteiger partial charge is 0.164 e. The van der Waals surface area contributed by atoms with E-state index >= 15 is 0 Å². The summed E-state index contributed by atoms with van der Waals surface area (Å²) < 4.78 is 9.12. The van der Waals surface area contributed by atoms with E-state index in [-0.39, 0.29) is 11.8 Å². The van der Waals surface area contributed by atoms with Crippen LogP contribution in [0.25, 0.3) is 81.5 Å². The van der Waals surface area contributed by atoms with Crippen molar-refractivity contribution in [2.45, 2.75) is 11.8 Å². The predicted octanol–water partition coefficient (Wildman–Crippen LogP) is 12.6. The number of aromatic nitrogens is 3. The van der Waals surface area contributed by atoms with Crippen LogP contribution in [0.1, 0.15) is 34.5 Å². The molecule has 0 saturated carbocycles. The van der Waals surface area contributed by atoms with Crippen molar-refractivity contribution >= 4 is 70.1 Å². The number of thiophene rings is 1. The van der Waals surface area contributed by atoms with Crippen molar-refractivity contribution < 1.29 is 4.42 Å². The molecule has 0 bridgehead atoms. The Morgan fingerprint density at radius 3 is 2.12 bits per heavy atom. The predicted molar refractivity (Wildman–Crippen MR) is 215 cm³/mol. The van der Waals surface area contributed by atoms with Gasteiger partial charge in [0.1, 0.15) is 17.2 Å². The van der Waals surface area contributed by atoms with Gasteiger partial charge in [-0.3, -0.25) is 0 Å². The van der Waals surface area contributed by atoms with Gasteiger partial charge in [0.25, 0.3) is 0 Å². The largest absolute Gasteiger partial charge is 0.456 e. The number of hydrogen-bond donors (Lipinski definition) is 0. The van der Waals surface area contributed by atoms with Gasteiger partial charge in [-0.15, -0.1) is 11.3 Å². The van der Waals surface area contributed by atoms with Gasteiger partial charge in [0, 0.05) is 48.2 Å².